The second-order valence-corrected chi connectivity index (χ2v) is 5.43. The number of carbonyl (C=O) groups is 1. The number of hydrogen-bond donors (Lipinski definition) is 3. The third kappa shape index (κ3) is 2.55. The van der Waals surface area contributed by atoms with Crippen molar-refractivity contribution in [3.8, 4) is 0 Å². The minimum absolute atomic E-state index is 0.00750. The number of aliphatic hydroxyl groups is 1. The van der Waals surface area contributed by atoms with Crippen LogP contribution >= 0.6 is 0 Å². The van der Waals surface area contributed by atoms with Gasteiger partial charge in [0, 0.05) is 12.0 Å². The zero-order valence-electron chi connectivity index (χ0n) is 9.96. The van der Waals surface area contributed by atoms with Gasteiger partial charge in [-0.2, -0.15) is 0 Å². The van der Waals surface area contributed by atoms with E-state index in [1.807, 2.05) is 0 Å². The van der Waals surface area contributed by atoms with Crippen LogP contribution in [0.3, 0.4) is 0 Å². The molecular weight excluding hydrogens is 204 g/mol. The molecule has 0 spiro atoms. The summed E-state index contributed by atoms with van der Waals surface area (Å²) >= 11 is 0. The van der Waals surface area contributed by atoms with Crippen LogP contribution in [0, 0.1) is 11.3 Å². The molecule has 2 fully saturated rings. The van der Waals surface area contributed by atoms with Crippen LogP contribution in [0.2, 0.25) is 0 Å². The number of carbonyl (C=O) groups excluding carboxylic acids is 1. The molecule has 0 aromatic carbocycles. The first-order valence-corrected chi connectivity index (χ1v) is 6.29. The lowest BCUT2D eigenvalue weighted by atomic mass is 9.92. The van der Waals surface area contributed by atoms with Gasteiger partial charge in [-0.25, -0.2) is 0 Å². The molecule has 1 saturated heterocycles. The topological polar surface area (TPSA) is 61.4 Å². The van der Waals surface area contributed by atoms with E-state index in [2.05, 4.69) is 17.6 Å². The molecule has 1 saturated carbocycles. The number of rotatable bonds is 4. The van der Waals surface area contributed by atoms with Crippen molar-refractivity contribution < 1.29 is 9.90 Å². The van der Waals surface area contributed by atoms with Crippen LogP contribution in [0.5, 0.6) is 0 Å². The summed E-state index contributed by atoms with van der Waals surface area (Å²) in [7, 11) is 0. The maximum atomic E-state index is 11.9. The number of amides is 1. The molecular formula is C12H22N2O2. The van der Waals surface area contributed by atoms with E-state index in [0.29, 0.717) is 12.5 Å². The molecule has 92 valence electrons. The molecule has 1 aliphatic carbocycles. The number of aliphatic hydroxyl groups excluding tert-OH is 1. The predicted molar refractivity (Wildman–Crippen MR) is 62.0 cm³/mol. The maximum absolute atomic E-state index is 11.9. The van der Waals surface area contributed by atoms with E-state index in [1.54, 1.807) is 0 Å². The minimum atomic E-state index is -0.0387. The van der Waals surface area contributed by atoms with Gasteiger partial charge < -0.3 is 15.7 Å². The van der Waals surface area contributed by atoms with Gasteiger partial charge in [0.15, 0.2) is 0 Å². The van der Waals surface area contributed by atoms with Gasteiger partial charge in [0.05, 0.1) is 12.6 Å². The van der Waals surface area contributed by atoms with Gasteiger partial charge in [-0.1, -0.05) is 6.92 Å². The summed E-state index contributed by atoms with van der Waals surface area (Å²) in [5.74, 6) is 0.518. The van der Waals surface area contributed by atoms with Gasteiger partial charge in [-0.05, 0) is 38.1 Å². The summed E-state index contributed by atoms with van der Waals surface area (Å²) in [6, 6.07) is -0.0387. The first-order valence-electron chi connectivity index (χ1n) is 6.29. The quantitative estimate of drug-likeness (QED) is 0.644. The highest BCUT2D eigenvalue weighted by Gasteiger charge is 2.42. The molecule has 1 amide bonds. The Morgan fingerprint density at radius 3 is 2.88 bits per heavy atom. The molecule has 0 aromatic rings. The zero-order chi connectivity index (χ0) is 11.6. The average molecular weight is 226 g/mol. The fourth-order valence-electron chi connectivity index (χ4n) is 2.35. The van der Waals surface area contributed by atoms with Gasteiger partial charge in [0.2, 0.25) is 5.91 Å². The van der Waals surface area contributed by atoms with Crippen LogP contribution in [0.4, 0.5) is 0 Å². The monoisotopic (exact) mass is 226 g/mol. The molecule has 2 unspecified atom stereocenters. The highest BCUT2D eigenvalue weighted by Crippen LogP contribution is 2.44. The van der Waals surface area contributed by atoms with Crippen molar-refractivity contribution in [3.63, 3.8) is 0 Å². The molecule has 1 aliphatic heterocycles. The average Bonchev–Trinajstić information content (AvgIpc) is 3.07. The summed E-state index contributed by atoms with van der Waals surface area (Å²) < 4.78 is 0. The van der Waals surface area contributed by atoms with Crippen molar-refractivity contribution in [1.82, 2.24) is 10.6 Å². The molecule has 2 rings (SSSR count). The molecule has 0 aromatic heterocycles. The Morgan fingerprint density at radius 1 is 1.56 bits per heavy atom. The SMILES string of the molecule is CC1CCCNC1C(=O)NCC1(CO)CC1. The molecule has 2 aliphatic rings. The summed E-state index contributed by atoms with van der Waals surface area (Å²) in [6.45, 7) is 3.89. The fourth-order valence-corrected chi connectivity index (χ4v) is 2.35. The van der Waals surface area contributed by atoms with Gasteiger partial charge in [-0.3, -0.25) is 4.79 Å². The Balaban J connectivity index is 1.78. The van der Waals surface area contributed by atoms with E-state index in [-0.39, 0.29) is 24.0 Å². The van der Waals surface area contributed by atoms with E-state index in [0.717, 1.165) is 32.2 Å². The lowest BCUT2D eigenvalue weighted by Crippen LogP contribution is -2.51. The Kier molecular flexibility index (Phi) is 3.50. The van der Waals surface area contributed by atoms with Crippen LogP contribution in [-0.2, 0) is 4.79 Å². The molecule has 2 atom stereocenters. The first kappa shape index (κ1) is 11.9. The van der Waals surface area contributed by atoms with Crippen LogP contribution < -0.4 is 10.6 Å². The van der Waals surface area contributed by atoms with Crippen molar-refractivity contribution >= 4 is 5.91 Å². The van der Waals surface area contributed by atoms with E-state index in [1.165, 1.54) is 0 Å². The van der Waals surface area contributed by atoms with Crippen molar-refractivity contribution in [2.45, 2.75) is 38.6 Å². The van der Waals surface area contributed by atoms with Crippen LogP contribution in [-0.4, -0.2) is 36.8 Å². The number of piperidine rings is 1. The third-order valence-electron chi connectivity index (χ3n) is 3.98. The van der Waals surface area contributed by atoms with Gasteiger partial charge in [0.25, 0.3) is 0 Å². The Hall–Kier alpha value is -0.610. The predicted octanol–water partition coefficient (Wildman–Crippen LogP) is 0.263. The largest absolute Gasteiger partial charge is 0.396 e. The second-order valence-electron chi connectivity index (χ2n) is 5.43. The van der Waals surface area contributed by atoms with E-state index in [4.69, 9.17) is 5.11 Å². The summed E-state index contributed by atoms with van der Waals surface area (Å²) in [4.78, 5) is 11.9. The smallest absolute Gasteiger partial charge is 0.237 e. The normalized spacial score (nSPS) is 32.1. The van der Waals surface area contributed by atoms with Crippen LogP contribution in [0.1, 0.15) is 32.6 Å². The van der Waals surface area contributed by atoms with Crippen molar-refractivity contribution in [2.75, 3.05) is 19.7 Å². The Labute approximate surface area is 96.8 Å². The first-order chi connectivity index (χ1) is 7.67. The van der Waals surface area contributed by atoms with Gasteiger partial charge in [-0.15, -0.1) is 0 Å². The van der Waals surface area contributed by atoms with Crippen molar-refractivity contribution in [2.24, 2.45) is 11.3 Å². The van der Waals surface area contributed by atoms with Gasteiger partial charge in [0.1, 0.15) is 0 Å². The zero-order valence-corrected chi connectivity index (χ0v) is 9.96. The molecule has 4 heteroatoms. The standard InChI is InChI=1S/C12H22N2O2/c1-9-3-2-6-13-10(9)11(16)14-7-12(8-15)4-5-12/h9-10,13,15H,2-8H2,1H3,(H,14,16). The minimum Gasteiger partial charge on any atom is -0.396 e. The molecule has 1 heterocycles. The lowest BCUT2D eigenvalue weighted by Gasteiger charge is -2.29. The van der Waals surface area contributed by atoms with Crippen LogP contribution in [0.15, 0.2) is 0 Å². The van der Waals surface area contributed by atoms with Crippen molar-refractivity contribution in [1.29, 1.82) is 0 Å². The van der Waals surface area contributed by atoms with Crippen LogP contribution in [0.25, 0.3) is 0 Å². The van der Waals surface area contributed by atoms with E-state index in [9.17, 15) is 4.79 Å². The fraction of sp³-hybridized carbons (Fsp3) is 0.917. The summed E-state index contributed by atoms with van der Waals surface area (Å²) in [5, 5.41) is 15.4. The van der Waals surface area contributed by atoms with E-state index < -0.39 is 0 Å². The maximum Gasteiger partial charge on any atom is 0.237 e. The Morgan fingerprint density at radius 2 is 2.31 bits per heavy atom. The van der Waals surface area contributed by atoms with Crippen molar-refractivity contribution in [3.05, 3.63) is 0 Å². The lowest BCUT2D eigenvalue weighted by molar-refractivity contribution is -0.125. The highest BCUT2D eigenvalue weighted by molar-refractivity contribution is 5.82. The molecule has 0 radical (unpaired) electrons. The van der Waals surface area contributed by atoms with E-state index >= 15 is 0 Å². The number of hydrogen-bond acceptors (Lipinski definition) is 3. The molecule has 3 N–H and O–H groups in total. The second kappa shape index (κ2) is 4.72. The summed E-state index contributed by atoms with van der Waals surface area (Å²) in [5.41, 5.74) is 0.00750. The summed E-state index contributed by atoms with van der Waals surface area (Å²) in [6.07, 6.45) is 4.36. The Bertz CT molecular complexity index is 264. The third-order valence-corrected chi connectivity index (χ3v) is 3.98. The number of nitrogens with one attached hydrogen (secondary N) is 2. The highest BCUT2D eigenvalue weighted by atomic mass is 16.3. The molecule has 4 nitrogen and oxygen atoms in total. The van der Waals surface area contributed by atoms with Gasteiger partial charge >= 0.3 is 0 Å². The molecule has 0 bridgehead atoms. The molecule has 16 heavy (non-hydrogen) atoms.